The van der Waals surface area contributed by atoms with Gasteiger partial charge in [0.1, 0.15) is 0 Å². The van der Waals surface area contributed by atoms with Crippen molar-refractivity contribution in [2.75, 3.05) is 11.4 Å². The van der Waals surface area contributed by atoms with Gasteiger partial charge in [0, 0.05) is 33.4 Å². The van der Waals surface area contributed by atoms with Crippen LogP contribution in [0.15, 0.2) is 66.7 Å². The number of halogens is 2. The van der Waals surface area contributed by atoms with E-state index in [1.165, 1.54) is 0 Å². The van der Waals surface area contributed by atoms with Gasteiger partial charge in [-0.3, -0.25) is 9.59 Å². The lowest BCUT2D eigenvalue weighted by molar-refractivity contribution is 0.0938. The van der Waals surface area contributed by atoms with E-state index in [1.54, 1.807) is 53.4 Å². The first-order chi connectivity index (χ1) is 14.4. The summed E-state index contributed by atoms with van der Waals surface area (Å²) in [7, 11) is 0. The quantitative estimate of drug-likeness (QED) is 0.568. The first-order valence-electron chi connectivity index (χ1n) is 9.69. The van der Waals surface area contributed by atoms with Crippen molar-refractivity contribution in [2.45, 2.75) is 19.4 Å². The molecule has 0 fully saturated rings. The van der Waals surface area contributed by atoms with Gasteiger partial charge in [-0.2, -0.15) is 0 Å². The van der Waals surface area contributed by atoms with Crippen LogP contribution in [0, 0.1) is 0 Å². The number of nitrogens with zero attached hydrogens (tertiary/aromatic N) is 1. The largest absolute Gasteiger partial charge is 0.346 e. The molecule has 1 heterocycles. The normalized spacial score (nSPS) is 13.6. The van der Waals surface area contributed by atoms with Gasteiger partial charge in [0.05, 0.1) is 6.04 Å². The third kappa shape index (κ3) is 4.20. The Morgan fingerprint density at radius 1 is 0.933 bits per heavy atom. The van der Waals surface area contributed by atoms with Crippen molar-refractivity contribution in [3.8, 4) is 0 Å². The lowest BCUT2D eigenvalue weighted by Crippen LogP contribution is -2.29. The van der Waals surface area contributed by atoms with Crippen molar-refractivity contribution in [2.24, 2.45) is 0 Å². The fourth-order valence-corrected chi connectivity index (χ4v) is 3.96. The number of fused-ring (bicyclic) bond motifs is 1. The predicted octanol–water partition coefficient (Wildman–Crippen LogP) is 5.69. The Bertz CT molecular complexity index is 1110. The van der Waals surface area contributed by atoms with Gasteiger partial charge in [0.2, 0.25) is 0 Å². The molecule has 2 amide bonds. The molecule has 0 unspecified atom stereocenters. The van der Waals surface area contributed by atoms with Crippen molar-refractivity contribution < 1.29 is 9.59 Å². The molecule has 0 spiro atoms. The molecule has 0 radical (unpaired) electrons. The van der Waals surface area contributed by atoms with Crippen LogP contribution in [0.25, 0.3) is 0 Å². The molecule has 6 heteroatoms. The molecule has 0 aromatic heterocycles. The molecule has 0 saturated heterocycles. The molecule has 0 aliphatic carbocycles. The van der Waals surface area contributed by atoms with Crippen LogP contribution in [0.4, 0.5) is 5.69 Å². The minimum Gasteiger partial charge on any atom is -0.346 e. The Hall–Kier alpha value is -2.82. The number of hydrogen-bond donors (Lipinski definition) is 1. The Labute approximate surface area is 185 Å². The van der Waals surface area contributed by atoms with E-state index in [0.717, 1.165) is 23.2 Å². The molecule has 3 aromatic carbocycles. The molecule has 30 heavy (non-hydrogen) atoms. The second-order valence-corrected chi connectivity index (χ2v) is 8.18. The molecule has 4 nitrogen and oxygen atoms in total. The predicted molar refractivity (Wildman–Crippen MR) is 121 cm³/mol. The van der Waals surface area contributed by atoms with Crippen molar-refractivity contribution in [3.05, 3.63) is 99.0 Å². The van der Waals surface area contributed by atoms with E-state index in [2.05, 4.69) is 11.4 Å². The maximum Gasteiger partial charge on any atom is 0.258 e. The number of carbonyl (C=O) groups is 2. The van der Waals surface area contributed by atoms with Gasteiger partial charge in [-0.1, -0.05) is 41.4 Å². The number of amides is 2. The molecular weight excluding hydrogens is 419 g/mol. The van der Waals surface area contributed by atoms with E-state index in [1.807, 2.05) is 19.1 Å². The summed E-state index contributed by atoms with van der Waals surface area (Å²) >= 11 is 11.9. The maximum atomic E-state index is 12.9. The van der Waals surface area contributed by atoms with E-state index in [4.69, 9.17) is 23.2 Å². The lowest BCUT2D eigenvalue weighted by Gasteiger charge is -2.19. The molecule has 1 atom stereocenters. The molecule has 0 bridgehead atoms. The number of benzene rings is 3. The van der Waals surface area contributed by atoms with Gasteiger partial charge in [-0.25, -0.2) is 0 Å². The summed E-state index contributed by atoms with van der Waals surface area (Å²) in [5.74, 6) is -0.217. The molecule has 1 N–H and O–H groups in total. The first-order valence-corrected chi connectivity index (χ1v) is 10.4. The zero-order valence-electron chi connectivity index (χ0n) is 16.4. The molecule has 4 rings (SSSR count). The zero-order valence-corrected chi connectivity index (χ0v) is 17.9. The third-order valence-corrected chi connectivity index (χ3v) is 5.76. The summed E-state index contributed by atoms with van der Waals surface area (Å²) in [5.41, 5.74) is 4.12. The number of rotatable bonds is 4. The smallest absolute Gasteiger partial charge is 0.258 e. The van der Waals surface area contributed by atoms with Gasteiger partial charge < -0.3 is 10.2 Å². The summed E-state index contributed by atoms with van der Waals surface area (Å²) in [5, 5.41) is 4.15. The number of nitrogens with one attached hydrogen (secondary N) is 1. The van der Waals surface area contributed by atoms with E-state index >= 15 is 0 Å². The van der Waals surface area contributed by atoms with Crippen LogP contribution in [0.3, 0.4) is 0 Å². The van der Waals surface area contributed by atoms with Gasteiger partial charge >= 0.3 is 0 Å². The molecular formula is C24H20Cl2N2O2. The summed E-state index contributed by atoms with van der Waals surface area (Å²) in [6.45, 7) is 2.56. The first kappa shape index (κ1) is 20.5. The van der Waals surface area contributed by atoms with Gasteiger partial charge in [-0.15, -0.1) is 0 Å². The SMILES string of the molecule is C[C@@H](NC(=O)c1ccc(Cl)cc1)c1ccc2c(c1)CCN2C(=O)c1cccc(Cl)c1. The van der Waals surface area contributed by atoms with Crippen molar-refractivity contribution in [1.29, 1.82) is 0 Å². The summed E-state index contributed by atoms with van der Waals surface area (Å²) in [4.78, 5) is 27.2. The highest BCUT2D eigenvalue weighted by Crippen LogP contribution is 2.32. The van der Waals surface area contributed by atoms with E-state index in [9.17, 15) is 9.59 Å². The Morgan fingerprint density at radius 2 is 1.70 bits per heavy atom. The van der Waals surface area contributed by atoms with Gasteiger partial charge in [0.15, 0.2) is 0 Å². The van der Waals surface area contributed by atoms with Crippen molar-refractivity contribution in [1.82, 2.24) is 5.32 Å². The van der Waals surface area contributed by atoms with Crippen LogP contribution in [0.1, 0.15) is 44.8 Å². The highest BCUT2D eigenvalue weighted by atomic mass is 35.5. The lowest BCUT2D eigenvalue weighted by atomic mass is 10.0. The molecule has 0 saturated carbocycles. The second kappa shape index (κ2) is 8.50. The fraction of sp³-hybridized carbons (Fsp3) is 0.167. The van der Waals surface area contributed by atoms with E-state index in [-0.39, 0.29) is 17.9 Å². The molecule has 152 valence electrons. The van der Waals surface area contributed by atoms with Crippen LogP contribution in [-0.2, 0) is 6.42 Å². The van der Waals surface area contributed by atoms with Crippen molar-refractivity contribution in [3.63, 3.8) is 0 Å². The summed E-state index contributed by atoms with van der Waals surface area (Å²) in [6, 6.07) is 19.6. The zero-order chi connectivity index (χ0) is 21.3. The molecule has 1 aliphatic heterocycles. The average molecular weight is 439 g/mol. The summed E-state index contributed by atoms with van der Waals surface area (Å²) in [6.07, 6.45) is 0.771. The summed E-state index contributed by atoms with van der Waals surface area (Å²) < 4.78 is 0. The van der Waals surface area contributed by atoms with Crippen LogP contribution < -0.4 is 10.2 Å². The minimum absolute atomic E-state index is 0.0620. The van der Waals surface area contributed by atoms with Crippen LogP contribution in [0.2, 0.25) is 10.0 Å². The Kier molecular flexibility index (Phi) is 5.80. The van der Waals surface area contributed by atoms with Gasteiger partial charge in [-0.05, 0) is 73.0 Å². The maximum absolute atomic E-state index is 12.9. The minimum atomic E-state index is -0.170. The molecule has 3 aromatic rings. The van der Waals surface area contributed by atoms with Crippen LogP contribution >= 0.6 is 23.2 Å². The number of anilines is 1. The average Bonchev–Trinajstić information content (AvgIpc) is 3.16. The van der Waals surface area contributed by atoms with Crippen molar-refractivity contribution >= 4 is 40.7 Å². The van der Waals surface area contributed by atoms with E-state index in [0.29, 0.717) is 27.7 Å². The fourth-order valence-electron chi connectivity index (χ4n) is 3.64. The van der Waals surface area contributed by atoms with Gasteiger partial charge in [0.25, 0.3) is 11.8 Å². The Balaban J connectivity index is 1.50. The van der Waals surface area contributed by atoms with Crippen LogP contribution in [0.5, 0.6) is 0 Å². The Morgan fingerprint density at radius 3 is 2.43 bits per heavy atom. The standard InChI is InChI=1S/C24H20Cl2N2O2/c1-15(27-23(29)16-5-8-20(25)9-6-16)17-7-10-22-18(13-17)11-12-28(22)24(30)19-3-2-4-21(26)14-19/h2-10,13-15H,11-12H2,1H3,(H,27,29)/t15-/m1/s1. The van der Waals surface area contributed by atoms with Crippen LogP contribution in [-0.4, -0.2) is 18.4 Å². The topological polar surface area (TPSA) is 49.4 Å². The second-order valence-electron chi connectivity index (χ2n) is 7.31. The third-order valence-electron chi connectivity index (χ3n) is 5.27. The van der Waals surface area contributed by atoms with E-state index < -0.39 is 0 Å². The number of carbonyl (C=O) groups excluding carboxylic acids is 2. The highest BCUT2D eigenvalue weighted by Gasteiger charge is 2.26. The number of hydrogen-bond acceptors (Lipinski definition) is 2. The monoisotopic (exact) mass is 438 g/mol. The molecule has 1 aliphatic rings. The highest BCUT2D eigenvalue weighted by molar-refractivity contribution is 6.31.